The SMILES string of the molecule is CCOc1ccccc1C1C2=C(CCCC2=O)Nc2nc(SCc3ccc(F)cc3)nn21. The van der Waals surface area contributed by atoms with Crippen LogP contribution in [-0.4, -0.2) is 27.2 Å². The molecule has 1 N–H and O–H groups in total. The van der Waals surface area contributed by atoms with Crippen molar-refractivity contribution in [2.24, 2.45) is 0 Å². The molecule has 2 heterocycles. The van der Waals surface area contributed by atoms with Gasteiger partial charge in [0.1, 0.15) is 17.6 Å². The molecule has 0 amide bonds. The molecule has 2 aliphatic rings. The van der Waals surface area contributed by atoms with Gasteiger partial charge in [0.05, 0.1) is 6.61 Å². The first-order valence-corrected chi connectivity index (χ1v) is 11.7. The van der Waals surface area contributed by atoms with Gasteiger partial charge in [-0.15, -0.1) is 5.10 Å². The number of nitrogens with one attached hydrogen (secondary N) is 1. The van der Waals surface area contributed by atoms with E-state index in [1.54, 1.807) is 16.8 Å². The van der Waals surface area contributed by atoms with Gasteiger partial charge in [-0.25, -0.2) is 9.07 Å². The number of allylic oxidation sites excluding steroid dienone is 2. The first kappa shape index (κ1) is 20.8. The number of carbonyl (C=O) groups is 1. The Morgan fingerprint density at radius 1 is 1.19 bits per heavy atom. The fourth-order valence-corrected chi connectivity index (χ4v) is 4.99. The summed E-state index contributed by atoms with van der Waals surface area (Å²) in [5.41, 5.74) is 3.56. The largest absolute Gasteiger partial charge is 0.494 e. The van der Waals surface area contributed by atoms with Crippen LogP contribution in [0, 0.1) is 5.82 Å². The van der Waals surface area contributed by atoms with E-state index in [0.717, 1.165) is 41.0 Å². The summed E-state index contributed by atoms with van der Waals surface area (Å²) >= 11 is 1.48. The average molecular weight is 451 g/mol. The lowest BCUT2D eigenvalue weighted by atomic mass is 9.85. The van der Waals surface area contributed by atoms with E-state index in [-0.39, 0.29) is 17.6 Å². The molecule has 0 saturated carbocycles. The molecule has 1 aliphatic heterocycles. The molecule has 1 aromatic heterocycles. The van der Waals surface area contributed by atoms with Gasteiger partial charge in [-0.05, 0) is 43.5 Å². The van der Waals surface area contributed by atoms with Crippen LogP contribution in [0.4, 0.5) is 10.3 Å². The molecule has 0 saturated heterocycles. The van der Waals surface area contributed by atoms with Crippen LogP contribution >= 0.6 is 11.8 Å². The molecule has 8 heteroatoms. The van der Waals surface area contributed by atoms with Crippen molar-refractivity contribution in [1.82, 2.24) is 14.8 Å². The van der Waals surface area contributed by atoms with Gasteiger partial charge in [0, 0.05) is 29.0 Å². The zero-order valence-corrected chi connectivity index (χ0v) is 18.5. The van der Waals surface area contributed by atoms with Crippen molar-refractivity contribution < 1.29 is 13.9 Å². The molecule has 6 nitrogen and oxygen atoms in total. The second-order valence-corrected chi connectivity index (χ2v) is 8.69. The fourth-order valence-electron chi connectivity index (χ4n) is 4.21. The van der Waals surface area contributed by atoms with E-state index in [4.69, 9.17) is 14.8 Å². The highest BCUT2D eigenvalue weighted by atomic mass is 32.2. The van der Waals surface area contributed by atoms with Crippen LogP contribution in [0.5, 0.6) is 5.75 Å². The van der Waals surface area contributed by atoms with Gasteiger partial charge in [-0.1, -0.05) is 42.1 Å². The Morgan fingerprint density at radius 3 is 2.81 bits per heavy atom. The Balaban J connectivity index is 1.52. The Bertz CT molecular complexity index is 1190. The topological polar surface area (TPSA) is 69.0 Å². The van der Waals surface area contributed by atoms with Gasteiger partial charge in [0.2, 0.25) is 11.1 Å². The highest BCUT2D eigenvalue weighted by Gasteiger charge is 2.38. The van der Waals surface area contributed by atoms with Crippen LogP contribution < -0.4 is 10.1 Å². The molecule has 1 unspecified atom stereocenters. The van der Waals surface area contributed by atoms with Gasteiger partial charge >= 0.3 is 0 Å². The number of hydrogen-bond acceptors (Lipinski definition) is 6. The monoisotopic (exact) mass is 450 g/mol. The first-order valence-electron chi connectivity index (χ1n) is 10.7. The van der Waals surface area contributed by atoms with Crippen LogP contribution in [-0.2, 0) is 10.5 Å². The third-order valence-electron chi connectivity index (χ3n) is 5.64. The number of anilines is 1. The van der Waals surface area contributed by atoms with E-state index < -0.39 is 0 Å². The van der Waals surface area contributed by atoms with Gasteiger partial charge in [-0.3, -0.25) is 4.79 Å². The first-order chi connectivity index (χ1) is 15.6. The third-order valence-corrected chi connectivity index (χ3v) is 6.55. The van der Waals surface area contributed by atoms with Crippen LogP contribution in [0.1, 0.15) is 43.4 Å². The maximum atomic E-state index is 13.2. The summed E-state index contributed by atoms with van der Waals surface area (Å²) in [7, 11) is 0. The second kappa shape index (κ2) is 8.78. The minimum Gasteiger partial charge on any atom is -0.494 e. The molecule has 2 aromatic carbocycles. The molecule has 0 radical (unpaired) electrons. The summed E-state index contributed by atoms with van der Waals surface area (Å²) in [6, 6.07) is 13.8. The highest BCUT2D eigenvalue weighted by molar-refractivity contribution is 7.98. The van der Waals surface area contributed by atoms with E-state index in [0.29, 0.717) is 29.9 Å². The minimum absolute atomic E-state index is 0.136. The van der Waals surface area contributed by atoms with Gasteiger partial charge in [0.15, 0.2) is 5.78 Å². The molecular formula is C24H23FN4O2S. The number of Topliss-reactive ketones (excluding diaryl/α,β-unsaturated/α-hetero) is 1. The number of rotatable bonds is 6. The lowest BCUT2D eigenvalue weighted by molar-refractivity contribution is -0.116. The maximum Gasteiger partial charge on any atom is 0.227 e. The lowest BCUT2D eigenvalue weighted by Gasteiger charge is -2.32. The number of hydrogen-bond donors (Lipinski definition) is 1. The molecule has 32 heavy (non-hydrogen) atoms. The molecule has 3 aromatic rings. The molecule has 5 rings (SSSR count). The molecule has 0 spiro atoms. The zero-order valence-electron chi connectivity index (χ0n) is 17.7. The molecule has 0 bridgehead atoms. The number of benzene rings is 2. The number of ether oxygens (including phenoxy) is 1. The number of aromatic nitrogens is 3. The van der Waals surface area contributed by atoms with Gasteiger partial charge in [0.25, 0.3) is 0 Å². The van der Waals surface area contributed by atoms with Crippen LogP contribution in [0.25, 0.3) is 0 Å². The Morgan fingerprint density at radius 2 is 2.00 bits per heavy atom. The predicted octanol–water partition coefficient (Wildman–Crippen LogP) is 5.13. The third kappa shape index (κ3) is 3.90. The molecule has 1 atom stereocenters. The van der Waals surface area contributed by atoms with E-state index >= 15 is 0 Å². The van der Waals surface area contributed by atoms with Gasteiger partial charge in [-0.2, -0.15) is 4.98 Å². The van der Waals surface area contributed by atoms with Crippen LogP contribution in [0.2, 0.25) is 0 Å². The average Bonchev–Trinajstić information content (AvgIpc) is 3.21. The number of carbonyl (C=O) groups excluding carboxylic acids is 1. The number of para-hydroxylation sites is 1. The number of thioether (sulfide) groups is 1. The van der Waals surface area contributed by atoms with E-state index in [1.807, 2.05) is 31.2 Å². The minimum atomic E-state index is -0.385. The standard InChI is InChI=1S/C24H23FN4O2S/c1-2-31-20-9-4-3-6-17(20)22-21-18(7-5-8-19(21)30)26-23-27-24(28-29(22)23)32-14-15-10-12-16(25)13-11-15/h3-4,6,9-13,22H,2,5,7-8,14H2,1H3,(H,26,27,28). The molecule has 164 valence electrons. The normalized spacial score (nSPS) is 17.6. The van der Waals surface area contributed by atoms with Crippen molar-refractivity contribution in [2.45, 2.75) is 43.1 Å². The summed E-state index contributed by atoms with van der Waals surface area (Å²) in [6.45, 7) is 2.48. The fraction of sp³-hybridized carbons (Fsp3) is 0.292. The molecule has 0 fully saturated rings. The zero-order chi connectivity index (χ0) is 22.1. The molecular weight excluding hydrogens is 427 g/mol. The summed E-state index contributed by atoms with van der Waals surface area (Å²) in [5, 5.41) is 8.71. The van der Waals surface area contributed by atoms with Crippen molar-refractivity contribution >= 4 is 23.5 Å². The van der Waals surface area contributed by atoms with Crippen molar-refractivity contribution in [2.75, 3.05) is 11.9 Å². The number of halogens is 1. The number of fused-ring (bicyclic) bond motifs is 1. The smallest absolute Gasteiger partial charge is 0.227 e. The quantitative estimate of drug-likeness (QED) is 0.525. The van der Waals surface area contributed by atoms with Gasteiger partial charge < -0.3 is 10.1 Å². The van der Waals surface area contributed by atoms with E-state index in [2.05, 4.69) is 5.32 Å². The summed E-state index contributed by atoms with van der Waals surface area (Å²) < 4.78 is 20.9. The van der Waals surface area contributed by atoms with Crippen molar-refractivity contribution in [3.8, 4) is 5.75 Å². The van der Waals surface area contributed by atoms with E-state index in [9.17, 15) is 9.18 Å². The maximum absolute atomic E-state index is 13.2. The highest BCUT2D eigenvalue weighted by Crippen LogP contribution is 2.43. The number of ketones is 1. The number of nitrogens with zero attached hydrogens (tertiary/aromatic N) is 3. The Labute approximate surface area is 189 Å². The van der Waals surface area contributed by atoms with Crippen molar-refractivity contribution in [3.63, 3.8) is 0 Å². The van der Waals surface area contributed by atoms with Crippen LogP contribution in [0.3, 0.4) is 0 Å². The Kier molecular flexibility index (Phi) is 5.70. The summed E-state index contributed by atoms with van der Waals surface area (Å²) in [5.74, 6) is 1.87. The van der Waals surface area contributed by atoms with Crippen LogP contribution in [0.15, 0.2) is 65.0 Å². The second-order valence-electron chi connectivity index (χ2n) is 7.75. The summed E-state index contributed by atoms with van der Waals surface area (Å²) in [6.07, 6.45) is 2.16. The van der Waals surface area contributed by atoms with Crippen molar-refractivity contribution in [3.05, 3.63) is 76.7 Å². The lowest BCUT2D eigenvalue weighted by Crippen LogP contribution is -2.31. The van der Waals surface area contributed by atoms with E-state index in [1.165, 1.54) is 23.9 Å². The van der Waals surface area contributed by atoms with Crippen molar-refractivity contribution in [1.29, 1.82) is 0 Å². The predicted molar refractivity (Wildman–Crippen MR) is 121 cm³/mol. The summed E-state index contributed by atoms with van der Waals surface area (Å²) in [4.78, 5) is 17.7. The molecule has 1 aliphatic carbocycles. The Hall–Kier alpha value is -3.13.